The van der Waals surface area contributed by atoms with E-state index in [1.54, 1.807) is 30.2 Å². The number of carbonyl (C=O) groups is 1. The number of hydrogen-bond donors (Lipinski definition) is 3. The van der Waals surface area contributed by atoms with Crippen molar-refractivity contribution in [3.8, 4) is 17.1 Å². The van der Waals surface area contributed by atoms with Crippen molar-refractivity contribution in [2.24, 2.45) is 0 Å². The predicted molar refractivity (Wildman–Crippen MR) is 156 cm³/mol. The van der Waals surface area contributed by atoms with Crippen LogP contribution in [0.15, 0.2) is 76.5 Å². The fourth-order valence-corrected chi connectivity index (χ4v) is 6.57. The van der Waals surface area contributed by atoms with E-state index in [1.807, 2.05) is 41.9 Å². The summed E-state index contributed by atoms with van der Waals surface area (Å²) in [5.41, 5.74) is 7.84. The Hall–Kier alpha value is -4.37. The lowest BCUT2D eigenvalue weighted by Gasteiger charge is -2.25. The van der Waals surface area contributed by atoms with Crippen LogP contribution in [0.5, 0.6) is 5.75 Å². The Bertz CT molecular complexity index is 1780. The summed E-state index contributed by atoms with van der Waals surface area (Å²) in [6.45, 7) is 0. The van der Waals surface area contributed by atoms with E-state index in [-0.39, 0.29) is 17.7 Å². The number of amides is 1. The molecule has 4 aromatic heterocycles. The molecule has 1 atom stereocenters. The number of rotatable bonds is 7. The molecule has 8 nitrogen and oxygen atoms in total. The van der Waals surface area contributed by atoms with Crippen LogP contribution in [0.25, 0.3) is 33.3 Å². The third-order valence-corrected chi connectivity index (χ3v) is 8.56. The van der Waals surface area contributed by atoms with Gasteiger partial charge >= 0.3 is 0 Å². The lowest BCUT2D eigenvalue weighted by molar-refractivity contribution is 0.0936. The van der Waals surface area contributed by atoms with Crippen LogP contribution in [0, 0.1) is 0 Å². The van der Waals surface area contributed by atoms with Crippen molar-refractivity contribution in [2.75, 3.05) is 0 Å². The summed E-state index contributed by atoms with van der Waals surface area (Å²) in [6.07, 6.45) is 11.8. The van der Waals surface area contributed by atoms with Gasteiger partial charge in [0.1, 0.15) is 17.8 Å². The lowest BCUT2D eigenvalue weighted by atomic mass is 9.95. The first-order chi connectivity index (χ1) is 19.6. The maximum absolute atomic E-state index is 13.6. The highest BCUT2D eigenvalue weighted by Gasteiger charge is 2.25. The number of aromatic amines is 1. The highest BCUT2D eigenvalue weighted by atomic mass is 32.1. The second kappa shape index (κ2) is 10.3. The fraction of sp³-hybridized carbons (Fsp3) is 0.258. The summed E-state index contributed by atoms with van der Waals surface area (Å²) in [6, 6.07) is 13.0. The van der Waals surface area contributed by atoms with Crippen molar-refractivity contribution in [1.82, 2.24) is 24.8 Å². The van der Waals surface area contributed by atoms with Crippen LogP contribution in [0.3, 0.4) is 0 Å². The number of imidazole rings is 1. The number of benzene rings is 2. The zero-order chi connectivity index (χ0) is 27.1. The number of phenols is 1. The van der Waals surface area contributed by atoms with Crippen molar-refractivity contribution in [1.29, 1.82) is 0 Å². The first kappa shape index (κ1) is 24.7. The number of H-pyrrole nitrogens is 1. The molecule has 0 bridgehead atoms. The summed E-state index contributed by atoms with van der Waals surface area (Å²) in [7, 11) is 0. The Labute approximate surface area is 234 Å². The number of aromatic nitrogens is 4. The average molecular weight is 552 g/mol. The molecule has 1 fully saturated rings. The highest BCUT2D eigenvalue weighted by Crippen LogP contribution is 2.36. The number of aromatic hydroxyl groups is 1. The second-order valence-electron chi connectivity index (χ2n) is 10.5. The molecule has 2 aromatic carbocycles. The molecule has 0 radical (unpaired) electrons. The SMILES string of the molecule is O=C(N[C@H](Cc1c[nH]c2ccc(O)cc12)c1cscn1)c1ccc2c(c1)nc(-c1ccoc1)n2C1CCCCC1. The molecule has 0 aliphatic heterocycles. The quantitative estimate of drug-likeness (QED) is 0.195. The number of thiazole rings is 1. The van der Waals surface area contributed by atoms with Crippen molar-refractivity contribution < 1.29 is 14.3 Å². The Morgan fingerprint density at radius 3 is 2.88 bits per heavy atom. The van der Waals surface area contributed by atoms with E-state index in [0.717, 1.165) is 57.4 Å². The van der Waals surface area contributed by atoms with Crippen molar-refractivity contribution in [2.45, 2.75) is 50.6 Å². The maximum Gasteiger partial charge on any atom is 0.251 e. The molecule has 1 aliphatic rings. The van der Waals surface area contributed by atoms with E-state index in [9.17, 15) is 9.90 Å². The van der Waals surface area contributed by atoms with Gasteiger partial charge in [-0.2, -0.15) is 0 Å². The van der Waals surface area contributed by atoms with Crippen LogP contribution in [0.4, 0.5) is 0 Å². The molecule has 0 unspecified atom stereocenters. The van der Waals surface area contributed by atoms with Crippen LogP contribution < -0.4 is 5.32 Å². The predicted octanol–water partition coefficient (Wildman–Crippen LogP) is 7.16. The first-order valence-corrected chi connectivity index (χ1v) is 14.6. The van der Waals surface area contributed by atoms with Crippen molar-refractivity contribution in [3.05, 3.63) is 88.9 Å². The number of hydrogen-bond acceptors (Lipinski definition) is 6. The Morgan fingerprint density at radius 1 is 1.18 bits per heavy atom. The van der Waals surface area contributed by atoms with Gasteiger partial charge in [0, 0.05) is 40.5 Å². The summed E-state index contributed by atoms with van der Waals surface area (Å²) in [4.78, 5) is 26.4. The molecule has 6 aromatic rings. The van der Waals surface area contributed by atoms with Gasteiger partial charge in [-0.3, -0.25) is 4.79 Å². The van der Waals surface area contributed by atoms with Gasteiger partial charge in [0.25, 0.3) is 5.91 Å². The third-order valence-electron chi connectivity index (χ3n) is 7.96. The molecule has 9 heteroatoms. The minimum atomic E-state index is -0.336. The van der Waals surface area contributed by atoms with E-state index in [4.69, 9.17) is 9.40 Å². The summed E-state index contributed by atoms with van der Waals surface area (Å²) in [5, 5.41) is 16.1. The van der Waals surface area contributed by atoms with Crippen LogP contribution in [-0.4, -0.2) is 30.5 Å². The molecule has 3 N–H and O–H groups in total. The second-order valence-corrected chi connectivity index (χ2v) is 11.2. The van der Waals surface area contributed by atoms with E-state index in [0.29, 0.717) is 18.0 Å². The Balaban J connectivity index is 1.21. The van der Waals surface area contributed by atoms with Gasteiger partial charge < -0.3 is 24.4 Å². The van der Waals surface area contributed by atoms with E-state index in [2.05, 4.69) is 19.9 Å². The van der Waals surface area contributed by atoms with Gasteiger partial charge in [-0.15, -0.1) is 11.3 Å². The normalized spacial score (nSPS) is 15.1. The number of phenolic OH excluding ortho intramolecular Hbond substituents is 1. The third kappa shape index (κ3) is 4.56. The van der Waals surface area contributed by atoms with Crippen molar-refractivity contribution in [3.63, 3.8) is 0 Å². The molecule has 202 valence electrons. The van der Waals surface area contributed by atoms with Gasteiger partial charge in [-0.05, 0) is 60.9 Å². The van der Waals surface area contributed by atoms with Crippen molar-refractivity contribution >= 4 is 39.2 Å². The molecule has 0 saturated heterocycles. The minimum Gasteiger partial charge on any atom is -0.508 e. The van der Waals surface area contributed by atoms with Gasteiger partial charge in [0.15, 0.2) is 0 Å². The van der Waals surface area contributed by atoms with Crippen LogP contribution in [-0.2, 0) is 6.42 Å². The molecular weight excluding hydrogens is 522 g/mol. The largest absolute Gasteiger partial charge is 0.508 e. The number of nitrogens with zero attached hydrogens (tertiary/aromatic N) is 3. The first-order valence-electron chi connectivity index (χ1n) is 13.7. The molecule has 4 heterocycles. The molecule has 1 aliphatic carbocycles. The van der Waals surface area contributed by atoms with Crippen LogP contribution in [0.1, 0.15) is 65.8 Å². The average Bonchev–Trinajstić information content (AvgIpc) is 3.79. The molecular formula is C31H29N5O3S. The number of nitrogens with one attached hydrogen (secondary N) is 2. The molecule has 0 spiro atoms. The summed E-state index contributed by atoms with van der Waals surface area (Å²) >= 11 is 1.50. The molecule has 40 heavy (non-hydrogen) atoms. The molecule has 7 rings (SSSR count). The van der Waals surface area contributed by atoms with E-state index < -0.39 is 0 Å². The topological polar surface area (TPSA) is 109 Å². The monoisotopic (exact) mass is 551 g/mol. The number of fused-ring (bicyclic) bond motifs is 2. The lowest BCUT2D eigenvalue weighted by Crippen LogP contribution is -2.30. The highest BCUT2D eigenvalue weighted by molar-refractivity contribution is 7.07. The van der Waals surface area contributed by atoms with Crippen LogP contribution in [0.2, 0.25) is 0 Å². The van der Waals surface area contributed by atoms with Gasteiger partial charge in [-0.1, -0.05) is 19.3 Å². The number of carbonyl (C=O) groups excluding carboxylic acids is 1. The Morgan fingerprint density at radius 2 is 2.08 bits per heavy atom. The van der Waals surface area contributed by atoms with Gasteiger partial charge in [-0.25, -0.2) is 9.97 Å². The smallest absolute Gasteiger partial charge is 0.251 e. The minimum absolute atomic E-state index is 0.181. The van der Waals surface area contributed by atoms with E-state index in [1.165, 1.54) is 30.6 Å². The maximum atomic E-state index is 13.6. The summed E-state index contributed by atoms with van der Waals surface area (Å²) < 4.78 is 7.72. The Kier molecular flexibility index (Phi) is 6.36. The van der Waals surface area contributed by atoms with E-state index >= 15 is 0 Å². The number of furan rings is 1. The van der Waals surface area contributed by atoms with Gasteiger partial charge in [0.05, 0.1) is 40.1 Å². The molecule has 1 amide bonds. The molecule has 1 saturated carbocycles. The van der Waals surface area contributed by atoms with Crippen LogP contribution >= 0.6 is 11.3 Å². The fourth-order valence-electron chi connectivity index (χ4n) is 5.96. The zero-order valence-corrected chi connectivity index (χ0v) is 22.7. The summed E-state index contributed by atoms with van der Waals surface area (Å²) in [5.74, 6) is 0.911. The zero-order valence-electron chi connectivity index (χ0n) is 21.8. The standard InChI is InChI=1S/C31H29N5O3S/c37-23-7-8-25-24(14-23)21(15-32-25)13-26(28-17-40-18-33-28)35-31(38)19-6-9-29-27(12-19)34-30(20-10-11-39-16-20)36(29)22-4-2-1-3-5-22/h6-12,14-18,22,26,32,37H,1-5,13H2,(H,35,38)/t26-/m1/s1. The van der Waals surface area contributed by atoms with Gasteiger partial charge in [0.2, 0.25) is 0 Å².